The Labute approximate surface area is 152 Å². The molecule has 5 nitrogen and oxygen atoms in total. The summed E-state index contributed by atoms with van der Waals surface area (Å²) in [4.78, 5) is 27.4. The van der Waals surface area contributed by atoms with E-state index in [9.17, 15) is 9.59 Å². The summed E-state index contributed by atoms with van der Waals surface area (Å²) in [5.41, 5.74) is 2.54. The van der Waals surface area contributed by atoms with E-state index in [1.54, 1.807) is 11.3 Å². The zero-order valence-electron chi connectivity index (χ0n) is 14.5. The fourth-order valence-electron chi connectivity index (χ4n) is 3.13. The molecule has 1 aliphatic heterocycles. The first kappa shape index (κ1) is 17.5. The quantitative estimate of drug-likeness (QED) is 0.808. The van der Waals surface area contributed by atoms with Gasteiger partial charge in [-0.05, 0) is 43.3 Å². The highest BCUT2D eigenvalue weighted by Gasteiger charge is 2.28. The van der Waals surface area contributed by atoms with Gasteiger partial charge in [-0.3, -0.25) is 9.59 Å². The van der Waals surface area contributed by atoms with E-state index in [1.807, 2.05) is 31.4 Å². The number of nitrogens with one attached hydrogen (secondary N) is 2. The predicted molar refractivity (Wildman–Crippen MR) is 101 cm³/mol. The Balaban J connectivity index is 1.74. The minimum atomic E-state index is -0.582. The maximum atomic E-state index is 12.1. The maximum absolute atomic E-state index is 12.1. The Morgan fingerprint density at radius 3 is 2.68 bits per heavy atom. The molecular formula is C19H23N3O2S. The highest BCUT2D eigenvalue weighted by molar-refractivity contribution is 7.10. The van der Waals surface area contributed by atoms with Gasteiger partial charge in [-0.2, -0.15) is 0 Å². The number of carbonyl (C=O) groups is 2. The molecule has 1 aromatic carbocycles. The zero-order valence-corrected chi connectivity index (χ0v) is 15.3. The Kier molecular flexibility index (Phi) is 5.38. The first-order valence-electron chi connectivity index (χ1n) is 8.53. The lowest BCUT2D eigenvalue weighted by atomic mass is 10.1. The zero-order chi connectivity index (χ0) is 17.8. The Hall–Kier alpha value is -2.34. The van der Waals surface area contributed by atoms with Gasteiger partial charge in [0, 0.05) is 29.7 Å². The number of thiophene rings is 1. The van der Waals surface area contributed by atoms with E-state index in [0.29, 0.717) is 6.54 Å². The molecule has 2 amide bonds. The third-order valence-corrected chi connectivity index (χ3v) is 5.23. The van der Waals surface area contributed by atoms with E-state index in [-0.39, 0.29) is 12.1 Å². The van der Waals surface area contributed by atoms with Crippen LogP contribution < -0.4 is 15.5 Å². The third kappa shape index (κ3) is 4.02. The molecule has 0 saturated heterocycles. The van der Waals surface area contributed by atoms with Crippen LogP contribution in [0, 0.1) is 0 Å². The van der Waals surface area contributed by atoms with Gasteiger partial charge in [-0.25, -0.2) is 0 Å². The van der Waals surface area contributed by atoms with E-state index < -0.39 is 11.8 Å². The molecule has 132 valence electrons. The number of fused-ring (bicyclic) bond motifs is 1. The number of carbonyl (C=O) groups excluding carboxylic acids is 2. The third-order valence-electron chi connectivity index (χ3n) is 4.25. The smallest absolute Gasteiger partial charge is 0.309 e. The fraction of sp³-hybridized carbons (Fsp3) is 0.368. The van der Waals surface area contributed by atoms with Crippen molar-refractivity contribution in [1.29, 1.82) is 0 Å². The van der Waals surface area contributed by atoms with Crippen molar-refractivity contribution in [2.24, 2.45) is 0 Å². The van der Waals surface area contributed by atoms with E-state index in [1.165, 1.54) is 16.1 Å². The number of anilines is 1. The van der Waals surface area contributed by atoms with Crippen LogP contribution >= 0.6 is 11.3 Å². The van der Waals surface area contributed by atoms with Crippen LogP contribution in [0.5, 0.6) is 0 Å². The molecule has 0 bridgehead atoms. The number of benzene rings is 1. The van der Waals surface area contributed by atoms with Gasteiger partial charge in [0.2, 0.25) is 0 Å². The summed E-state index contributed by atoms with van der Waals surface area (Å²) in [5.74, 6) is -1.16. The Morgan fingerprint density at radius 1 is 1.16 bits per heavy atom. The average Bonchev–Trinajstić information content (AvgIpc) is 3.25. The summed E-state index contributed by atoms with van der Waals surface area (Å²) < 4.78 is 0. The lowest BCUT2D eigenvalue weighted by Gasteiger charge is -2.30. The normalized spacial score (nSPS) is 14.3. The molecule has 1 aliphatic rings. The molecule has 1 unspecified atom stereocenters. The van der Waals surface area contributed by atoms with Crippen molar-refractivity contribution >= 4 is 28.8 Å². The highest BCUT2D eigenvalue weighted by atomic mass is 32.1. The number of para-hydroxylation sites is 1. The van der Waals surface area contributed by atoms with Gasteiger partial charge in [-0.15, -0.1) is 11.3 Å². The molecule has 1 atom stereocenters. The molecule has 2 heterocycles. The SMILES string of the molecule is CC(C)NC(=O)C(=O)NCC(c1cccs1)N1CCc2ccccc21. The van der Waals surface area contributed by atoms with Crippen LogP contribution in [0.1, 0.15) is 30.3 Å². The van der Waals surface area contributed by atoms with Crippen LogP contribution in [-0.4, -0.2) is 30.9 Å². The van der Waals surface area contributed by atoms with E-state index in [2.05, 4.69) is 39.8 Å². The average molecular weight is 357 g/mol. The number of nitrogens with zero attached hydrogens (tertiary/aromatic N) is 1. The van der Waals surface area contributed by atoms with Gasteiger partial charge < -0.3 is 15.5 Å². The molecule has 0 fully saturated rings. The number of amides is 2. The van der Waals surface area contributed by atoms with Gasteiger partial charge in [0.1, 0.15) is 0 Å². The molecule has 3 rings (SSSR count). The minimum Gasteiger partial charge on any atom is -0.361 e. The molecule has 25 heavy (non-hydrogen) atoms. The maximum Gasteiger partial charge on any atom is 0.309 e. The molecule has 0 aliphatic carbocycles. The minimum absolute atomic E-state index is 0.0273. The van der Waals surface area contributed by atoms with Gasteiger partial charge in [0.25, 0.3) is 0 Å². The van der Waals surface area contributed by atoms with Gasteiger partial charge in [0.05, 0.1) is 6.04 Å². The van der Waals surface area contributed by atoms with Crippen molar-refractivity contribution in [2.75, 3.05) is 18.0 Å². The van der Waals surface area contributed by atoms with E-state index in [4.69, 9.17) is 0 Å². The van der Waals surface area contributed by atoms with Crippen LogP contribution in [0.25, 0.3) is 0 Å². The van der Waals surface area contributed by atoms with Crippen molar-refractivity contribution < 1.29 is 9.59 Å². The molecule has 0 spiro atoms. The topological polar surface area (TPSA) is 61.4 Å². The van der Waals surface area contributed by atoms with Crippen LogP contribution in [0.15, 0.2) is 41.8 Å². The van der Waals surface area contributed by atoms with Crippen molar-refractivity contribution in [2.45, 2.75) is 32.4 Å². The summed E-state index contributed by atoms with van der Waals surface area (Å²) in [6.07, 6.45) is 1.000. The molecule has 2 N–H and O–H groups in total. The summed E-state index contributed by atoms with van der Waals surface area (Å²) in [6.45, 7) is 4.98. The van der Waals surface area contributed by atoms with Gasteiger partial charge in [0.15, 0.2) is 0 Å². The van der Waals surface area contributed by atoms with Crippen molar-refractivity contribution in [3.63, 3.8) is 0 Å². The second-order valence-corrected chi connectivity index (χ2v) is 7.42. The molecule has 0 saturated carbocycles. The lowest BCUT2D eigenvalue weighted by molar-refractivity contribution is -0.139. The molecule has 6 heteroatoms. The first-order valence-corrected chi connectivity index (χ1v) is 9.41. The van der Waals surface area contributed by atoms with Crippen LogP contribution in [0.2, 0.25) is 0 Å². The summed E-state index contributed by atoms with van der Waals surface area (Å²) in [6, 6.07) is 12.4. The number of hydrogen-bond acceptors (Lipinski definition) is 4. The predicted octanol–water partition coefficient (Wildman–Crippen LogP) is 2.49. The van der Waals surface area contributed by atoms with Crippen LogP contribution in [0.4, 0.5) is 5.69 Å². The van der Waals surface area contributed by atoms with Crippen molar-refractivity contribution in [3.8, 4) is 0 Å². The highest BCUT2D eigenvalue weighted by Crippen LogP contribution is 2.36. The largest absolute Gasteiger partial charge is 0.361 e. The molecule has 2 aromatic rings. The lowest BCUT2D eigenvalue weighted by Crippen LogP contribution is -2.45. The Morgan fingerprint density at radius 2 is 1.96 bits per heavy atom. The summed E-state index contributed by atoms with van der Waals surface area (Å²) in [7, 11) is 0. The van der Waals surface area contributed by atoms with Crippen molar-refractivity contribution in [3.05, 3.63) is 52.2 Å². The van der Waals surface area contributed by atoms with Crippen LogP contribution in [-0.2, 0) is 16.0 Å². The molecule has 0 radical (unpaired) electrons. The number of hydrogen-bond donors (Lipinski definition) is 2. The fourth-order valence-corrected chi connectivity index (χ4v) is 3.97. The second kappa shape index (κ2) is 7.70. The standard InChI is InChI=1S/C19H23N3O2S/c1-13(2)21-19(24)18(23)20-12-16(17-8-5-11-25-17)22-10-9-14-6-3-4-7-15(14)22/h3-8,11,13,16H,9-10,12H2,1-2H3,(H,20,23)(H,21,24). The van der Waals surface area contributed by atoms with Gasteiger partial charge in [-0.1, -0.05) is 24.3 Å². The van der Waals surface area contributed by atoms with Crippen LogP contribution in [0.3, 0.4) is 0 Å². The Bertz CT molecular complexity index is 743. The van der Waals surface area contributed by atoms with E-state index in [0.717, 1.165) is 13.0 Å². The van der Waals surface area contributed by atoms with Crippen molar-refractivity contribution in [1.82, 2.24) is 10.6 Å². The summed E-state index contributed by atoms with van der Waals surface area (Å²) in [5, 5.41) is 7.46. The van der Waals surface area contributed by atoms with Gasteiger partial charge >= 0.3 is 11.8 Å². The number of rotatable bonds is 5. The summed E-state index contributed by atoms with van der Waals surface area (Å²) >= 11 is 1.67. The molecular weight excluding hydrogens is 334 g/mol. The molecule has 1 aromatic heterocycles. The second-order valence-electron chi connectivity index (χ2n) is 6.44. The first-order chi connectivity index (χ1) is 12.1. The monoisotopic (exact) mass is 357 g/mol. The van der Waals surface area contributed by atoms with E-state index >= 15 is 0 Å².